The van der Waals surface area contributed by atoms with E-state index in [1.807, 2.05) is 37.3 Å². The SMILES string of the molecule is CCCCCN(C[C@@H](O)C(Cc1ccccc1)NC(=O)O[C@@H](C)C(N)=O)S(=O)(=O)c1ccc2ncsc2c1. The molecule has 0 aliphatic heterocycles. The van der Waals surface area contributed by atoms with Crippen molar-refractivity contribution < 1.29 is 27.9 Å². The molecule has 0 spiro atoms. The van der Waals surface area contributed by atoms with Crippen LogP contribution < -0.4 is 11.1 Å². The zero-order chi connectivity index (χ0) is 27.7. The largest absolute Gasteiger partial charge is 0.436 e. The lowest BCUT2D eigenvalue weighted by Gasteiger charge is -2.30. The van der Waals surface area contributed by atoms with E-state index in [1.54, 1.807) is 17.6 Å². The molecule has 38 heavy (non-hydrogen) atoms. The van der Waals surface area contributed by atoms with Crippen LogP contribution in [0.25, 0.3) is 10.2 Å². The Labute approximate surface area is 226 Å². The Kier molecular flexibility index (Phi) is 10.6. The molecule has 0 saturated carbocycles. The Bertz CT molecular complexity index is 1320. The number of benzene rings is 2. The van der Waals surface area contributed by atoms with Gasteiger partial charge in [0.1, 0.15) is 0 Å². The fourth-order valence-corrected chi connectivity index (χ4v) is 6.20. The fourth-order valence-electron chi connectivity index (χ4n) is 3.88. The standard InChI is InChI=1S/C26H34N4O6S2/c1-3-4-8-13-30(38(34,35)20-11-12-21-24(15-20)37-17-28-21)16-23(31)22(14-19-9-6-5-7-10-19)29-26(33)36-18(2)25(27)32/h5-7,9-12,15,17-18,22-23,31H,3-4,8,13-14,16H2,1-2H3,(H2,27,32)(H,29,33)/t18-,22?,23+/m0/s1. The third kappa shape index (κ3) is 7.97. The van der Waals surface area contributed by atoms with Crippen LogP contribution in [0.1, 0.15) is 38.7 Å². The van der Waals surface area contributed by atoms with Crippen molar-refractivity contribution in [2.75, 3.05) is 13.1 Å². The van der Waals surface area contributed by atoms with Crippen LogP contribution in [0.15, 0.2) is 58.9 Å². The molecular weight excluding hydrogens is 528 g/mol. The molecule has 2 amide bonds. The molecule has 0 aliphatic carbocycles. The number of unbranched alkanes of at least 4 members (excludes halogenated alkanes) is 2. The number of rotatable bonds is 14. The summed E-state index contributed by atoms with van der Waals surface area (Å²) in [6.07, 6.45) is -0.859. The summed E-state index contributed by atoms with van der Waals surface area (Å²) in [5.41, 5.74) is 8.36. The molecule has 2 aromatic carbocycles. The van der Waals surface area contributed by atoms with Crippen LogP contribution in [0.3, 0.4) is 0 Å². The number of aliphatic hydroxyl groups excluding tert-OH is 1. The number of ether oxygens (including phenoxy) is 1. The van der Waals surface area contributed by atoms with Crippen molar-refractivity contribution in [1.82, 2.24) is 14.6 Å². The molecule has 4 N–H and O–H groups in total. The average molecular weight is 563 g/mol. The Balaban J connectivity index is 1.85. The number of carbonyl (C=O) groups excluding carboxylic acids is 2. The van der Waals surface area contributed by atoms with E-state index < -0.39 is 40.3 Å². The molecule has 0 radical (unpaired) electrons. The smallest absolute Gasteiger partial charge is 0.408 e. The van der Waals surface area contributed by atoms with Crippen LogP contribution in [0.2, 0.25) is 0 Å². The monoisotopic (exact) mass is 562 g/mol. The van der Waals surface area contributed by atoms with Gasteiger partial charge >= 0.3 is 6.09 Å². The highest BCUT2D eigenvalue weighted by atomic mass is 32.2. The Morgan fingerprint density at radius 1 is 1.18 bits per heavy atom. The molecule has 0 aliphatic rings. The van der Waals surface area contributed by atoms with Gasteiger partial charge in [-0.3, -0.25) is 4.79 Å². The van der Waals surface area contributed by atoms with Gasteiger partial charge in [0, 0.05) is 13.1 Å². The number of nitrogens with zero attached hydrogens (tertiary/aromatic N) is 2. The molecule has 1 aromatic heterocycles. The second kappa shape index (κ2) is 13.7. The third-order valence-electron chi connectivity index (χ3n) is 6.09. The number of sulfonamides is 1. The zero-order valence-corrected chi connectivity index (χ0v) is 23.1. The van der Waals surface area contributed by atoms with Gasteiger partial charge in [-0.2, -0.15) is 4.31 Å². The van der Waals surface area contributed by atoms with E-state index in [0.717, 1.165) is 23.1 Å². The van der Waals surface area contributed by atoms with Gasteiger partial charge in [-0.25, -0.2) is 18.2 Å². The molecular formula is C26H34N4O6S2. The molecule has 0 bridgehead atoms. The Morgan fingerprint density at radius 2 is 1.92 bits per heavy atom. The number of fused-ring (bicyclic) bond motifs is 1. The summed E-state index contributed by atoms with van der Waals surface area (Å²) in [5, 5.41) is 13.9. The van der Waals surface area contributed by atoms with Gasteiger partial charge in [-0.1, -0.05) is 50.1 Å². The van der Waals surface area contributed by atoms with Gasteiger partial charge < -0.3 is 20.9 Å². The highest BCUT2D eigenvalue weighted by molar-refractivity contribution is 7.89. The van der Waals surface area contributed by atoms with Crippen LogP contribution in [0.4, 0.5) is 4.79 Å². The predicted molar refractivity (Wildman–Crippen MR) is 146 cm³/mol. The topological polar surface area (TPSA) is 152 Å². The molecule has 1 heterocycles. The van der Waals surface area contributed by atoms with Crippen molar-refractivity contribution in [2.24, 2.45) is 5.73 Å². The van der Waals surface area contributed by atoms with Crippen molar-refractivity contribution in [3.05, 3.63) is 59.6 Å². The number of primary amides is 1. The number of nitrogens with one attached hydrogen (secondary N) is 1. The number of nitrogens with two attached hydrogens (primary N) is 1. The number of thiazole rings is 1. The minimum Gasteiger partial charge on any atom is -0.436 e. The van der Waals surface area contributed by atoms with E-state index in [4.69, 9.17) is 10.5 Å². The van der Waals surface area contributed by atoms with E-state index in [-0.39, 0.29) is 24.4 Å². The van der Waals surface area contributed by atoms with Crippen molar-refractivity contribution >= 4 is 43.6 Å². The van der Waals surface area contributed by atoms with Gasteiger partial charge in [0.2, 0.25) is 10.0 Å². The second-order valence-corrected chi connectivity index (χ2v) is 11.8. The lowest BCUT2D eigenvalue weighted by atomic mass is 10.0. The molecule has 0 saturated heterocycles. The quantitative estimate of drug-likeness (QED) is 0.255. The van der Waals surface area contributed by atoms with Crippen molar-refractivity contribution in [2.45, 2.75) is 62.7 Å². The first-order chi connectivity index (χ1) is 18.1. The first-order valence-electron chi connectivity index (χ1n) is 12.4. The molecule has 0 fully saturated rings. The van der Waals surface area contributed by atoms with E-state index in [2.05, 4.69) is 10.3 Å². The van der Waals surface area contributed by atoms with Gasteiger partial charge in [0.05, 0.1) is 32.8 Å². The van der Waals surface area contributed by atoms with Crippen LogP contribution >= 0.6 is 11.3 Å². The molecule has 3 aromatic rings. The van der Waals surface area contributed by atoms with E-state index in [9.17, 15) is 23.1 Å². The maximum Gasteiger partial charge on any atom is 0.408 e. The second-order valence-electron chi connectivity index (χ2n) is 9.01. The van der Waals surface area contributed by atoms with Gasteiger partial charge in [-0.15, -0.1) is 11.3 Å². The normalized spacial score (nSPS) is 14.2. The number of hydrogen-bond acceptors (Lipinski definition) is 8. The number of aromatic nitrogens is 1. The maximum atomic E-state index is 13.7. The molecule has 206 valence electrons. The van der Waals surface area contributed by atoms with Crippen molar-refractivity contribution in [3.8, 4) is 0 Å². The summed E-state index contributed by atoms with van der Waals surface area (Å²) in [7, 11) is -3.96. The van der Waals surface area contributed by atoms with Crippen LogP contribution in [-0.2, 0) is 26.0 Å². The summed E-state index contributed by atoms with van der Waals surface area (Å²) >= 11 is 1.35. The lowest BCUT2D eigenvalue weighted by Crippen LogP contribution is -2.51. The molecule has 3 rings (SSSR count). The maximum absolute atomic E-state index is 13.7. The number of carbonyl (C=O) groups is 2. The summed E-state index contributed by atoms with van der Waals surface area (Å²) in [6.45, 7) is 3.31. The fraction of sp³-hybridized carbons (Fsp3) is 0.423. The summed E-state index contributed by atoms with van der Waals surface area (Å²) in [4.78, 5) is 28.1. The predicted octanol–water partition coefficient (Wildman–Crippen LogP) is 3.05. The summed E-state index contributed by atoms with van der Waals surface area (Å²) in [5.74, 6) is -0.814. The third-order valence-corrected chi connectivity index (χ3v) is 8.75. The van der Waals surface area contributed by atoms with E-state index >= 15 is 0 Å². The van der Waals surface area contributed by atoms with Crippen molar-refractivity contribution in [3.63, 3.8) is 0 Å². The van der Waals surface area contributed by atoms with Crippen LogP contribution in [0.5, 0.6) is 0 Å². The number of alkyl carbamates (subject to hydrolysis) is 1. The molecule has 1 unspecified atom stereocenters. The lowest BCUT2D eigenvalue weighted by molar-refractivity contribution is -0.125. The Morgan fingerprint density at radius 3 is 2.61 bits per heavy atom. The van der Waals surface area contributed by atoms with Gasteiger partial charge in [-0.05, 0) is 43.5 Å². The number of aliphatic hydroxyl groups is 1. The molecule has 10 nitrogen and oxygen atoms in total. The minimum atomic E-state index is -3.96. The highest BCUT2D eigenvalue weighted by Crippen LogP contribution is 2.25. The first-order valence-corrected chi connectivity index (χ1v) is 14.8. The van der Waals surface area contributed by atoms with Gasteiger partial charge in [0.15, 0.2) is 6.10 Å². The highest BCUT2D eigenvalue weighted by Gasteiger charge is 2.31. The first kappa shape index (κ1) is 29.5. The van der Waals surface area contributed by atoms with E-state index in [1.165, 1.54) is 28.6 Å². The van der Waals surface area contributed by atoms with E-state index in [0.29, 0.717) is 11.9 Å². The average Bonchev–Trinajstić information content (AvgIpc) is 3.36. The molecule has 12 heteroatoms. The van der Waals surface area contributed by atoms with Crippen LogP contribution in [0, 0.1) is 0 Å². The number of hydrogen-bond donors (Lipinski definition) is 3. The Hall–Kier alpha value is -3.06. The minimum absolute atomic E-state index is 0.111. The van der Waals surface area contributed by atoms with Crippen LogP contribution in [-0.4, -0.2) is 66.2 Å². The van der Waals surface area contributed by atoms with Gasteiger partial charge in [0.25, 0.3) is 5.91 Å². The summed E-state index contributed by atoms with van der Waals surface area (Å²) in [6, 6.07) is 13.0. The van der Waals surface area contributed by atoms with Crippen molar-refractivity contribution in [1.29, 1.82) is 0 Å². The summed E-state index contributed by atoms with van der Waals surface area (Å²) < 4.78 is 34.4. The zero-order valence-electron chi connectivity index (χ0n) is 21.4. The molecule has 3 atom stereocenters. The number of amides is 2.